The van der Waals surface area contributed by atoms with Gasteiger partial charge in [-0.25, -0.2) is 9.07 Å². The molecular weight excluding hydrogens is 345 g/mol. The number of benzene rings is 1. The lowest BCUT2D eigenvalue weighted by atomic mass is 9.68. The van der Waals surface area contributed by atoms with E-state index >= 15 is 0 Å². The molecule has 5 nitrogen and oxygen atoms in total. The summed E-state index contributed by atoms with van der Waals surface area (Å²) in [5.41, 5.74) is 2.38. The average molecular weight is 371 g/mol. The van der Waals surface area contributed by atoms with Crippen molar-refractivity contribution >= 4 is 5.91 Å². The Morgan fingerprint density at radius 3 is 2.67 bits per heavy atom. The number of carbonyl (C=O) groups excluding carboxylic acids is 1. The maximum atomic E-state index is 13.3. The number of aryl methyl sites for hydroxylation is 1. The Labute approximate surface area is 158 Å². The number of nitrogens with one attached hydrogen (secondary N) is 1. The van der Waals surface area contributed by atoms with Crippen LogP contribution >= 0.6 is 0 Å². The summed E-state index contributed by atoms with van der Waals surface area (Å²) in [5, 5.41) is 7.53. The molecule has 0 bridgehead atoms. The van der Waals surface area contributed by atoms with Gasteiger partial charge in [0.1, 0.15) is 5.82 Å². The van der Waals surface area contributed by atoms with Gasteiger partial charge in [0.25, 0.3) is 5.91 Å². The van der Waals surface area contributed by atoms with Gasteiger partial charge in [0.15, 0.2) is 5.69 Å². The van der Waals surface area contributed by atoms with E-state index < -0.39 is 0 Å². The molecule has 2 fully saturated rings. The van der Waals surface area contributed by atoms with Crippen molar-refractivity contribution in [2.24, 2.45) is 5.41 Å². The molecule has 1 aliphatic carbocycles. The van der Waals surface area contributed by atoms with Crippen LogP contribution in [0, 0.1) is 18.2 Å². The van der Waals surface area contributed by atoms with Crippen LogP contribution in [0.1, 0.15) is 54.6 Å². The SMILES string of the molecule is Cc1cc(F)ccc1-n1ccc(C(=O)NC2CCC3(CCOCC3)CC2)n1. The molecule has 1 saturated carbocycles. The van der Waals surface area contributed by atoms with Crippen LogP contribution < -0.4 is 5.32 Å². The predicted molar refractivity (Wildman–Crippen MR) is 100 cm³/mol. The van der Waals surface area contributed by atoms with Crippen molar-refractivity contribution in [2.75, 3.05) is 13.2 Å². The third-order valence-electron chi connectivity index (χ3n) is 6.16. The third-order valence-corrected chi connectivity index (χ3v) is 6.16. The van der Waals surface area contributed by atoms with E-state index in [1.54, 1.807) is 23.0 Å². The van der Waals surface area contributed by atoms with Crippen LogP contribution in [0.4, 0.5) is 4.39 Å². The van der Waals surface area contributed by atoms with E-state index in [1.807, 2.05) is 6.92 Å². The van der Waals surface area contributed by atoms with E-state index in [0.29, 0.717) is 11.1 Å². The fourth-order valence-electron chi connectivity index (χ4n) is 4.39. The highest BCUT2D eigenvalue weighted by atomic mass is 19.1. The minimum atomic E-state index is -0.277. The Morgan fingerprint density at radius 1 is 1.22 bits per heavy atom. The minimum Gasteiger partial charge on any atom is -0.381 e. The van der Waals surface area contributed by atoms with Gasteiger partial charge in [-0.05, 0) is 80.7 Å². The molecule has 0 atom stereocenters. The summed E-state index contributed by atoms with van der Waals surface area (Å²) in [6.07, 6.45) is 8.39. The second kappa shape index (κ2) is 7.43. The summed E-state index contributed by atoms with van der Waals surface area (Å²) in [7, 11) is 0. The second-order valence-electron chi connectivity index (χ2n) is 7.94. The summed E-state index contributed by atoms with van der Waals surface area (Å²) >= 11 is 0. The van der Waals surface area contributed by atoms with Crippen molar-refractivity contribution in [1.29, 1.82) is 0 Å². The van der Waals surface area contributed by atoms with E-state index in [9.17, 15) is 9.18 Å². The average Bonchev–Trinajstić information content (AvgIpc) is 3.14. The van der Waals surface area contributed by atoms with Crippen LogP contribution in [0.3, 0.4) is 0 Å². The highest BCUT2D eigenvalue weighted by Gasteiger charge is 2.37. The Morgan fingerprint density at radius 2 is 1.96 bits per heavy atom. The van der Waals surface area contributed by atoms with E-state index in [-0.39, 0.29) is 17.8 Å². The maximum absolute atomic E-state index is 13.3. The van der Waals surface area contributed by atoms with Crippen molar-refractivity contribution in [3.8, 4) is 5.69 Å². The summed E-state index contributed by atoms with van der Waals surface area (Å²) < 4.78 is 20.4. The lowest BCUT2D eigenvalue weighted by molar-refractivity contribution is -0.00902. The predicted octanol–water partition coefficient (Wildman–Crippen LogP) is 3.79. The van der Waals surface area contributed by atoms with Crippen molar-refractivity contribution in [2.45, 2.75) is 51.5 Å². The minimum absolute atomic E-state index is 0.138. The van der Waals surface area contributed by atoms with Crippen LogP contribution in [0.2, 0.25) is 0 Å². The number of amides is 1. The zero-order valence-electron chi connectivity index (χ0n) is 15.7. The zero-order valence-corrected chi connectivity index (χ0v) is 15.7. The standard InChI is InChI=1S/C21H26FN3O2/c1-15-14-16(22)2-3-19(15)25-11-6-18(24-25)20(26)23-17-4-7-21(8-5-17)9-12-27-13-10-21/h2-3,6,11,14,17H,4-5,7-10,12-13H2,1H3,(H,23,26). The first-order valence-electron chi connectivity index (χ1n) is 9.76. The van der Waals surface area contributed by atoms with Gasteiger partial charge in [-0.2, -0.15) is 5.10 Å². The van der Waals surface area contributed by atoms with Gasteiger partial charge in [-0.15, -0.1) is 0 Å². The number of hydrogen-bond acceptors (Lipinski definition) is 3. The van der Waals surface area contributed by atoms with E-state index in [4.69, 9.17) is 4.74 Å². The van der Waals surface area contributed by atoms with Gasteiger partial charge in [-0.3, -0.25) is 4.79 Å². The summed E-state index contributed by atoms with van der Waals surface area (Å²) in [5.74, 6) is -0.414. The third kappa shape index (κ3) is 3.90. The maximum Gasteiger partial charge on any atom is 0.272 e. The Bertz CT molecular complexity index is 817. The molecule has 27 heavy (non-hydrogen) atoms. The molecule has 0 radical (unpaired) electrons. The summed E-state index contributed by atoms with van der Waals surface area (Å²) in [6.45, 7) is 3.57. The smallest absolute Gasteiger partial charge is 0.272 e. The summed E-state index contributed by atoms with van der Waals surface area (Å²) in [4.78, 5) is 12.6. The first-order valence-corrected chi connectivity index (χ1v) is 9.76. The highest BCUT2D eigenvalue weighted by Crippen LogP contribution is 2.44. The van der Waals surface area contributed by atoms with Crippen molar-refractivity contribution in [1.82, 2.24) is 15.1 Å². The van der Waals surface area contributed by atoms with Gasteiger partial charge in [0.2, 0.25) is 0 Å². The fourth-order valence-corrected chi connectivity index (χ4v) is 4.39. The van der Waals surface area contributed by atoms with Crippen LogP contribution in [-0.2, 0) is 4.74 Å². The highest BCUT2D eigenvalue weighted by molar-refractivity contribution is 5.92. The number of aromatic nitrogens is 2. The Kier molecular flexibility index (Phi) is 5.00. The lowest BCUT2D eigenvalue weighted by Crippen LogP contribution is -2.42. The van der Waals surface area contributed by atoms with Crippen LogP contribution in [0.5, 0.6) is 0 Å². The first-order chi connectivity index (χ1) is 13.0. The normalized spacial score (nSPS) is 19.9. The molecule has 1 amide bonds. The first kappa shape index (κ1) is 18.2. The molecule has 2 heterocycles. The number of halogens is 1. The molecule has 2 aromatic rings. The molecule has 1 spiro atoms. The fraction of sp³-hybridized carbons (Fsp3) is 0.524. The Balaban J connectivity index is 1.37. The van der Waals surface area contributed by atoms with Gasteiger partial charge in [-0.1, -0.05) is 0 Å². The largest absolute Gasteiger partial charge is 0.381 e. The molecule has 1 N–H and O–H groups in total. The quantitative estimate of drug-likeness (QED) is 0.893. The molecule has 1 aromatic heterocycles. The molecule has 0 unspecified atom stereocenters. The van der Waals surface area contributed by atoms with Crippen molar-refractivity contribution < 1.29 is 13.9 Å². The molecular formula is C21H26FN3O2. The van der Waals surface area contributed by atoms with Gasteiger partial charge in [0, 0.05) is 25.5 Å². The topological polar surface area (TPSA) is 56.2 Å². The molecule has 1 saturated heterocycles. The van der Waals surface area contributed by atoms with Crippen molar-refractivity contribution in [3.05, 3.63) is 47.5 Å². The molecule has 6 heteroatoms. The van der Waals surface area contributed by atoms with E-state index in [0.717, 1.165) is 63.0 Å². The molecule has 144 valence electrons. The van der Waals surface area contributed by atoms with Crippen LogP contribution in [0.15, 0.2) is 30.5 Å². The molecule has 2 aliphatic rings. The van der Waals surface area contributed by atoms with E-state index in [2.05, 4.69) is 10.4 Å². The van der Waals surface area contributed by atoms with E-state index in [1.165, 1.54) is 12.1 Å². The molecule has 4 rings (SSSR count). The number of carbonyl (C=O) groups is 1. The van der Waals surface area contributed by atoms with Gasteiger partial charge >= 0.3 is 0 Å². The monoisotopic (exact) mass is 371 g/mol. The molecule has 1 aromatic carbocycles. The van der Waals surface area contributed by atoms with Crippen LogP contribution in [-0.4, -0.2) is 34.9 Å². The lowest BCUT2D eigenvalue weighted by Gasteiger charge is -2.42. The molecule has 1 aliphatic heterocycles. The van der Waals surface area contributed by atoms with Crippen molar-refractivity contribution in [3.63, 3.8) is 0 Å². The number of hydrogen-bond donors (Lipinski definition) is 1. The summed E-state index contributed by atoms with van der Waals surface area (Å²) in [6, 6.07) is 6.46. The number of rotatable bonds is 3. The number of ether oxygens (including phenoxy) is 1. The van der Waals surface area contributed by atoms with Crippen LogP contribution in [0.25, 0.3) is 5.69 Å². The Hall–Kier alpha value is -2.21. The zero-order chi connectivity index (χ0) is 18.9. The van der Waals surface area contributed by atoms with Gasteiger partial charge < -0.3 is 10.1 Å². The van der Waals surface area contributed by atoms with Gasteiger partial charge in [0.05, 0.1) is 5.69 Å². The number of nitrogens with zero attached hydrogens (tertiary/aromatic N) is 2. The second-order valence-corrected chi connectivity index (χ2v) is 7.94.